The number of likely N-dealkylation sites (N-methyl/N-ethyl adjacent to an activating group) is 1. The van der Waals surface area contributed by atoms with E-state index in [1.807, 2.05) is 56.4 Å². The number of rotatable bonds is 16. The van der Waals surface area contributed by atoms with Crippen LogP contribution in [0.4, 0.5) is 4.79 Å². The second-order valence-electron chi connectivity index (χ2n) is 11.9. The lowest BCUT2D eigenvalue weighted by atomic mass is 10.00. The molecule has 0 atom stereocenters. The zero-order valence-electron chi connectivity index (χ0n) is 26.7. The Morgan fingerprint density at radius 3 is 2.23 bits per heavy atom. The predicted octanol–water partition coefficient (Wildman–Crippen LogP) is 7.49. The lowest BCUT2D eigenvalue weighted by molar-refractivity contribution is 0.0948. The highest BCUT2D eigenvalue weighted by Gasteiger charge is 2.19. The first-order valence-corrected chi connectivity index (χ1v) is 16.0. The Morgan fingerprint density at radius 2 is 1.53 bits per heavy atom. The average molecular weight is 588 g/mol. The molecule has 0 radical (unpaired) electrons. The maximum atomic E-state index is 13.1. The van der Waals surface area contributed by atoms with Crippen molar-refractivity contribution in [1.82, 2.24) is 25.1 Å². The fourth-order valence-electron chi connectivity index (χ4n) is 5.94. The Morgan fingerprint density at radius 1 is 0.837 bits per heavy atom. The van der Waals surface area contributed by atoms with Crippen LogP contribution >= 0.6 is 0 Å². The number of amides is 2. The van der Waals surface area contributed by atoms with Crippen molar-refractivity contribution < 1.29 is 14.3 Å². The van der Waals surface area contributed by atoms with Crippen LogP contribution in [0.5, 0.6) is 5.75 Å². The third-order valence-electron chi connectivity index (χ3n) is 8.32. The highest BCUT2D eigenvalue weighted by molar-refractivity contribution is 6.17. The van der Waals surface area contributed by atoms with Crippen LogP contribution in [0, 0.1) is 6.92 Å². The van der Waals surface area contributed by atoms with Crippen LogP contribution < -0.4 is 15.4 Å². The van der Waals surface area contributed by atoms with E-state index >= 15 is 0 Å². The summed E-state index contributed by atoms with van der Waals surface area (Å²) in [4.78, 5) is 32.1. The second kappa shape index (κ2) is 15.7. The molecule has 2 heterocycles. The van der Waals surface area contributed by atoms with Crippen LogP contribution in [0.3, 0.4) is 0 Å². The normalized spacial score (nSPS) is 11.6. The molecule has 0 saturated heterocycles. The van der Waals surface area contributed by atoms with Gasteiger partial charge in [-0.15, -0.1) is 0 Å². The molecule has 0 saturated carbocycles. The van der Waals surface area contributed by atoms with Gasteiger partial charge < -0.3 is 24.8 Å². The predicted molar refractivity (Wildman–Crippen MR) is 177 cm³/mol. The van der Waals surface area contributed by atoms with Gasteiger partial charge in [-0.1, -0.05) is 64.7 Å². The van der Waals surface area contributed by atoms with Crippen LogP contribution in [-0.2, 0) is 7.05 Å². The molecular formula is C35H49N5O3. The second-order valence-corrected chi connectivity index (χ2v) is 11.9. The number of carbonyl (C=O) groups excluding carboxylic acids is 2. The quantitative estimate of drug-likeness (QED) is 0.133. The van der Waals surface area contributed by atoms with Crippen molar-refractivity contribution in [3.63, 3.8) is 0 Å². The number of nitrogens with one attached hydrogen (secondary N) is 2. The van der Waals surface area contributed by atoms with Crippen molar-refractivity contribution in [1.29, 1.82) is 0 Å². The number of ether oxygens (including phenoxy) is 1. The number of aryl methyl sites for hydroxylation is 2. The molecule has 8 nitrogen and oxygen atoms in total. The smallest absolute Gasteiger partial charge is 0.410 e. The number of nitrogens with zero attached hydrogens (tertiary/aromatic N) is 3. The highest BCUT2D eigenvalue weighted by Crippen LogP contribution is 2.37. The molecule has 4 rings (SSSR count). The molecule has 0 aliphatic carbocycles. The van der Waals surface area contributed by atoms with Crippen LogP contribution in [0.25, 0.3) is 32.6 Å². The molecule has 2 amide bonds. The van der Waals surface area contributed by atoms with Gasteiger partial charge in [0.25, 0.3) is 5.91 Å². The van der Waals surface area contributed by atoms with Gasteiger partial charge in [0.05, 0.1) is 5.52 Å². The van der Waals surface area contributed by atoms with Gasteiger partial charge in [0.2, 0.25) is 0 Å². The molecule has 2 N–H and O–H groups in total. The SMILES string of the molecule is CCCCCCCCCCCCNC(=O)Oc1ccc2c(c1)c1cc3c(C(=O)NCCN(C)C)nccc3c(C)c1n2C. The highest BCUT2D eigenvalue weighted by atomic mass is 16.6. The summed E-state index contributed by atoms with van der Waals surface area (Å²) in [6, 6.07) is 9.74. The molecule has 0 bridgehead atoms. The minimum Gasteiger partial charge on any atom is -0.410 e. The molecule has 8 heteroatoms. The Balaban J connectivity index is 1.42. The summed E-state index contributed by atoms with van der Waals surface area (Å²) in [5.41, 5.74) is 3.59. The zero-order valence-corrected chi connectivity index (χ0v) is 26.7. The molecule has 2 aromatic carbocycles. The molecule has 4 aromatic rings. The molecule has 0 fully saturated rings. The molecule has 0 unspecified atom stereocenters. The molecule has 43 heavy (non-hydrogen) atoms. The van der Waals surface area contributed by atoms with E-state index in [0.29, 0.717) is 24.5 Å². The van der Waals surface area contributed by atoms with Crippen molar-refractivity contribution in [2.75, 3.05) is 33.7 Å². The number of fused-ring (bicyclic) bond motifs is 4. The summed E-state index contributed by atoms with van der Waals surface area (Å²) in [6.07, 6.45) is 13.8. The summed E-state index contributed by atoms with van der Waals surface area (Å²) < 4.78 is 7.83. The van der Waals surface area contributed by atoms with E-state index in [9.17, 15) is 9.59 Å². The first-order chi connectivity index (χ1) is 20.8. The topological polar surface area (TPSA) is 88.5 Å². The van der Waals surface area contributed by atoms with Gasteiger partial charge in [-0.2, -0.15) is 0 Å². The van der Waals surface area contributed by atoms with Gasteiger partial charge >= 0.3 is 6.09 Å². The number of pyridine rings is 1. The molecule has 0 spiro atoms. The van der Waals surface area contributed by atoms with Gasteiger partial charge in [-0.3, -0.25) is 9.78 Å². The van der Waals surface area contributed by atoms with Crippen molar-refractivity contribution in [3.05, 3.63) is 47.8 Å². The Bertz CT molecular complexity index is 1540. The molecule has 2 aromatic heterocycles. The Kier molecular flexibility index (Phi) is 11.8. The Hall–Kier alpha value is -3.65. The maximum Gasteiger partial charge on any atom is 0.412 e. The maximum absolute atomic E-state index is 13.1. The number of unbranched alkanes of at least 4 members (excludes halogenated alkanes) is 9. The van der Waals surface area contributed by atoms with E-state index in [2.05, 4.69) is 34.0 Å². The van der Waals surface area contributed by atoms with Gasteiger partial charge in [-0.05, 0) is 68.7 Å². The van der Waals surface area contributed by atoms with Crippen LogP contribution in [0.2, 0.25) is 0 Å². The van der Waals surface area contributed by atoms with E-state index in [1.165, 1.54) is 51.4 Å². The summed E-state index contributed by atoms with van der Waals surface area (Å²) in [5.74, 6) is 0.306. The zero-order chi connectivity index (χ0) is 30.8. The summed E-state index contributed by atoms with van der Waals surface area (Å²) in [7, 11) is 5.99. The number of hydrogen-bond acceptors (Lipinski definition) is 5. The summed E-state index contributed by atoms with van der Waals surface area (Å²) in [6.45, 7) is 6.24. The van der Waals surface area contributed by atoms with Gasteiger partial charge in [0.15, 0.2) is 0 Å². The van der Waals surface area contributed by atoms with E-state index in [4.69, 9.17) is 4.74 Å². The minimum atomic E-state index is -0.432. The fourth-order valence-corrected chi connectivity index (χ4v) is 5.94. The third-order valence-corrected chi connectivity index (χ3v) is 8.32. The Labute approximate surface area is 256 Å². The van der Waals surface area contributed by atoms with Gasteiger partial charge in [0.1, 0.15) is 11.4 Å². The molecule has 232 valence electrons. The molecule has 0 aliphatic rings. The number of aromatic nitrogens is 2. The fraction of sp³-hybridized carbons (Fsp3) is 0.514. The summed E-state index contributed by atoms with van der Waals surface area (Å²) >= 11 is 0. The first kappa shape index (κ1) is 32.3. The standard InChI is InChI=1S/C35H49N5O3/c1-6-7-8-9-10-11-12-13-14-15-19-38-35(42)43-26-16-17-31-28(23-26)30-24-29-27(25(2)33(30)40(31)5)18-20-36-32(29)34(41)37-21-22-39(3)4/h16-18,20,23-24H,6-15,19,21-22H2,1-5H3,(H,37,41)(H,38,42). The van der Waals surface area contributed by atoms with Crippen molar-refractivity contribution >= 4 is 44.6 Å². The lowest BCUT2D eigenvalue weighted by Crippen LogP contribution is -2.31. The van der Waals surface area contributed by atoms with E-state index < -0.39 is 6.09 Å². The molecule has 0 aliphatic heterocycles. The van der Waals surface area contributed by atoms with Crippen LogP contribution in [0.15, 0.2) is 36.5 Å². The lowest BCUT2D eigenvalue weighted by Gasteiger charge is -2.12. The van der Waals surface area contributed by atoms with Crippen molar-refractivity contribution in [2.45, 2.75) is 78.1 Å². The van der Waals surface area contributed by atoms with Crippen LogP contribution in [0.1, 0.15) is 87.2 Å². The van der Waals surface area contributed by atoms with Gasteiger partial charge in [-0.25, -0.2) is 4.79 Å². The van der Waals surface area contributed by atoms with E-state index in [-0.39, 0.29) is 5.91 Å². The number of hydrogen-bond donors (Lipinski definition) is 2. The van der Waals surface area contributed by atoms with Gasteiger partial charge in [0, 0.05) is 54.6 Å². The summed E-state index contributed by atoms with van der Waals surface area (Å²) in [5, 5.41) is 9.65. The van der Waals surface area contributed by atoms with Crippen LogP contribution in [-0.4, -0.2) is 60.2 Å². The van der Waals surface area contributed by atoms with Crippen molar-refractivity contribution in [2.24, 2.45) is 7.05 Å². The molecular weight excluding hydrogens is 538 g/mol. The van der Waals surface area contributed by atoms with Crippen molar-refractivity contribution in [3.8, 4) is 5.75 Å². The number of carbonyl (C=O) groups is 2. The van der Waals surface area contributed by atoms with E-state index in [0.717, 1.165) is 57.5 Å². The largest absolute Gasteiger partial charge is 0.412 e. The monoisotopic (exact) mass is 587 g/mol. The third kappa shape index (κ3) is 8.25. The first-order valence-electron chi connectivity index (χ1n) is 16.0. The average Bonchev–Trinajstić information content (AvgIpc) is 3.26. The van der Waals surface area contributed by atoms with E-state index in [1.54, 1.807) is 6.20 Å². The number of benzene rings is 2. The minimum absolute atomic E-state index is 0.186.